The molecule has 1 heterocycles. The van der Waals surface area contributed by atoms with Gasteiger partial charge in [0.1, 0.15) is 17.8 Å². The Morgan fingerprint density at radius 1 is 1.00 bits per heavy atom. The van der Waals surface area contributed by atoms with Gasteiger partial charge in [0.2, 0.25) is 5.88 Å². The fourth-order valence-electron chi connectivity index (χ4n) is 3.18. The van der Waals surface area contributed by atoms with E-state index in [4.69, 9.17) is 10.5 Å². The number of anilines is 2. The number of benzene rings is 2. The quantitative estimate of drug-likeness (QED) is 0.747. The van der Waals surface area contributed by atoms with Crippen LogP contribution in [-0.4, -0.2) is 16.0 Å². The van der Waals surface area contributed by atoms with E-state index in [9.17, 15) is 0 Å². The number of fused-ring (bicyclic) bond motifs is 1. The van der Waals surface area contributed by atoms with Crippen molar-refractivity contribution in [2.24, 2.45) is 0 Å². The number of nitrogens with one attached hydrogen (secondary N) is 1. The maximum atomic E-state index is 6.21. The van der Waals surface area contributed by atoms with E-state index in [1.807, 2.05) is 30.3 Å². The summed E-state index contributed by atoms with van der Waals surface area (Å²) in [6.07, 6.45) is 6.31. The fraction of sp³-hybridized carbons (Fsp3) is 0.263. The van der Waals surface area contributed by atoms with Gasteiger partial charge in [0, 0.05) is 6.04 Å². The summed E-state index contributed by atoms with van der Waals surface area (Å²) in [5.41, 5.74) is 6.67. The third-order valence-electron chi connectivity index (χ3n) is 4.48. The summed E-state index contributed by atoms with van der Waals surface area (Å²) in [5, 5.41) is 5.70. The van der Waals surface area contributed by atoms with Crippen LogP contribution in [0, 0.1) is 0 Å². The Hall–Kier alpha value is -2.82. The number of ether oxygens (including phenoxy) is 1. The SMILES string of the molecule is Nc1c(NC2CCCC2)ncnc1Oc1ccc2ccccc2c1. The van der Waals surface area contributed by atoms with E-state index in [0.29, 0.717) is 29.2 Å². The van der Waals surface area contributed by atoms with E-state index in [2.05, 4.69) is 27.4 Å². The molecule has 3 aromatic rings. The molecule has 0 saturated heterocycles. The van der Waals surface area contributed by atoms with E-state index >= 15 is 0 Å². The first-order chi connectivity index (χ1) is 11.8. The van der Waals surface area contributed by atoms with Crippen molar-refractivity contribution in [2.75, 3.05) is 11.1 Å². The van der Waals surface area contributed by atoms with Crippen LogP contribution in [0.1, 0.15) is 25.7 Å². The van der Waals surface area contributed by atoms with Gasteiger partial charge in [-0.15, -0.1) is 0 Å². The zero-order valence-electron chi connectivity index (χ0n) is 13.4. The Balaban J connectivity index is 1.58. The third-order valence-corrected chi connectivity index (χ3v) is 4.48. The highest BCUT2D eigenvalue weighted by Gasteiger charge is 2.18. The van der Waals surface area contributed by atoms with Gasteiger partial charge in [-0.3, -0.25) is 0 Å². The molecule has 0 radical (unpaired) electrons. The molecule has 0 amide bonds. The van der Waals surface area contributed by atoms with Crippen molar-refractivity contribution in [3.05, 3.63) is 48.8 Å². The molecule has 1 saturated carbocycles. The summed E-state index contributed by atoms with van der Waals surface area (Å²) >= 11 is 0. The molecule has 2 aromatic carbocycles. The van der Waals surface area contributed by atoms with Gasteiger partial charge in [0.15, 0.2) is 5.82 Å². The summed E-state index contributed by atoms with van der Waals surface area (Å²) in [4.78, 5) is 8.46. The second-order valence-corrected chi connectivity index (χ2v) is 6.18. The molecule has 0 unspecified atom stereocenters. The molecule has 0 bridgehead atoms. The first-order valence-electron chi connectivity index (χ1n) is 8.33. The smallest absolute Gasteiger partial charge is 0.248 e. The molecule has 5 nitrogen and oxygen atoms in total. The average Bonchev–Trinajstić information content (AvgIpc) is 3.11. The summed E-state index contributed by atoms with van der Waals surface area (Å²) in [6.45, 7) is 0. The highest BCUT2D eigenvalue weighted by molar-refractivity contribution is 5.83. The molecule has 4 rings (SSSR count). The Kier molecular flexibility index (Phi) is 3.91. The lowest BCUT2D eigenvalue weighted by molar-refractivity contribution is 0.465. The van der Waals surface area contributed by atoms with Crippen molar-refractivity contribution < 1.29 is 4.74 Å². The van der Waals surface area contributed by atoms with Gasteiger partial charge in [-0.2, -0.15) is 4.98 Å². The van der Waals surface area contributed by atoms with Crippen LogP contribution in [0.15, 0.2) is 48.8 Å². The number of nitrogens with two attached hydrogens (primary N) is 1. The van der Waals surface area contributed by atoms with Crippen LogP contribution >= 0.6 is 0 Å². The van der Waals surface area contributed by atoms with Crippen molar-refractivity contribution in [3.63, 3.8) is 0 Å². The highest BCUT2D eigenvalue weighted by Crippen LogP contribution is 2.32. The summed E-state index contributed by atoms with van der Waals surface area (Å²) in [6, 6.07) is 14.5. The molecular formula is C19H20N4O. The molecule has 0 aliphatic heterocycles. The minimum absolute atomic E-state index is 0.390. The lowest BCUT2D eigenvalue weighted by Crippen LogP contribution is -2.17. The van der Waals surface area contributed by atoms with Gasteiger partial charge in [-0.05, 0) is 35.7 Å². The number of nitrogen functional groups attached to an aromatic ring is 1. The molecule has 24 heavy (non-hydrogen) atoms. The topological polar surface area (TPSA) is 73.1 Å². The van der Waals surface area contributed by atoms with Crippen LogP contribution < -0.4 is 15.8 Å². The van der Waals surface area contributed by atoms with Crippen molar-refractivity contribution in [2.45, 2.75) is 31.7 Å². The maximum Gasteiger partial charge on any atom is 0.248 e. The van der Waals surface area contributed by atoms with Crippen LogP contribution in [0.4, 0.5) is 11.5 Å². The Morgan fingerprint density at radius 2 is 1.79 bits per heavy atom. The minimum Gasteiger partial charge on any atom is -0.437 e. The van der Waals surface area contributed by atoms with Gasteiger partial charge >= 0.3 is 0 Å². The predicted octanol–water partition coefficient (Wildman–Crippen LogP) is 4.36. The largest absolute Gasteiger partial charge is 0.437 e. The van der Waals surface area contributed by atoms with Gasteiger partial charge in [-0.25, -0.2) is 4.98 Å². The van der Waals surface area contributed by atoms with Crippen molar-refractivity contribution in [3.8, 4) is 11.6 Å². The number of nitrogens with zero attached hydrogens (tertiary/aromatic N) is 2. The highest BCUT2D eigenvalue weighted by atomic mass is 16.5. The lowest BCUT2D eigenvalue weighted by Gasteiger charge is -2.15. The molecular weight excluding hydrogens is 300 g/mol. The molecule has 0 atom stereocenters. The van der Waals surface area contributed by atoms with E-state index < -0.39 is 0 Å². The molecule has 3 N–H and O–H groups in total. The van der Waals surface area contributed by atoms with E-state index in [1.54, 1.807) is 0 Å². The molecule has 1 aliphatic carbocycles. The van der Waals surface area contributed by atoms with Gasteiger partial charge in [-0.1, -0.05) is 43.2 Å². The van der Waals surface area contributed by atoms with Gasteiger partial charge < -0.3 is 15.8 Å². The first kappa shape index (κ1) is 14.8. The van der Waals surface area contributed by atoms with Crippen LogP contribution in [0.2, 0.25) is 0 Å². The molecule has 1 aliphatic rings. The monoisotopic (exact) mass is 320 g/mol. The Bertz CT molecular complexity index is 859. The maximum absolute atomic E-state index is 6.21. The molecule has 1 aromatic heterocycles. The standard InChI is InChI=1S/C19H20N4O/c20-17-18(23-15-7-3-4-8-15)21-12-22-19(17)24-16-10-9-13-5-1-2-6-14(13)11-16/h1-2,5-6,9-12,15H,3-4,7-8,20H2,(H,21,22,23). The minimum atomic E-state index is 0.390. The Morgan fingerprint density at radius 3 is 2.62 bits per heavy atom. The van der Waals surface area contributed by atoms with Gasteiger partial charge in [0.05, 0.1) is 0 Å². The van der Waals surface area contributed by atoms with Crippen LogP contribution in [-0.2, 0) is 0 Å². The summed E-state index contributed by atoms with van der Waals surface area (Å²) < 4.78 is 5.91. The second kappa shape index (κ2) is 6.35. The predicted molar refractivity (Wildman–Crippen MR) is 96.3 cm³/mol. The normalized spacial score (nSPS) is 14.8. The fourth-order valence-corrected chi connectivity index (χ4v) is 3.18. The third kappa shape index (κ3) is 2.97. The first-order valence-corrected chi connectivity index (χ1v) is 8.33. The molecule has 5 heteroatoms. The van der Waals surface area contributed by atoms with Crippen molar-refractivity contribution in [1.29, 1.82) is 0 Å². The van der Waals surface area contributed by atoms with E-state index in [1.165, 1.54) is 24.6 Å². The Labute approximate surface area is 140 Å². The molecule has 0 spiro atoms. The number of hydrogen-bond acceptors (Lipinski definition) is 5. The number of hydrogen-bond donors (Lipinski definition) is 2. The second-order valence-electron chi connectivity index (χ2n) is 6.18. The lowest BCUT2D eigenvalue weighted by atomic mass is 10.1. The summed E-state index contributed by atoms with van der Waals surface area (Å²) in [7, 11) is 0. The number of aromatic nitrogens is 2. The van der Waals surface area contributed by atoms with Crippen LogP contribution in [0.25, 0.3) is 10.8 Å². The zero-order valence-corrected chi connectivity index (χ0v) is 13.4. The van der Waals surface area contributed by atoms with Crippen LogP contribution in [0.3, 0.4) is 0 Å². The average molecular weight is 320 g/mol. The summed E-state index contributed by atoms with van der Waals surface area (Å²) in [5.74, 6) is 1.76. The van der Waals surface area contributed by atoms with Crippen molar-refractivity contribution in [1.82, 2.24) is 9.97 Å². The number of rotatable bonds is 4. The molecule has 1 fully saturated rings. The van der Waals surface area contributed by atoms with Crippen molar-refractivity contribution >= 4 is 22.3 Å². The van der Waals surface area contributed by atoms with E-state index in [0.717, 1.165) is 18.2 Å². The van der Waals surface area contributed by atoms with E-state index in [-0.39, 0.29) is 0 Å². The zero-order chi connectivity index (χ0) is 16.4. The van der Waals surface area contributed by atoms with Crippen LogP contribution in [0.5, 0.6) is 11.6 Å². The molecule has 122 valence electrons. The van der Waals surface area contributed by atoms with Gasteiger partial charge in [0.25, 0.3) is 0 Å².